The monoisotopic (exact) mass is 346 g/mol. The molecule has 0 fully saturated rings. The first kappa shape index (κ1) is 12.4. The van der Waals surface area contributed by atoms with Gasteiger partial charge in [-0.15, -0.1) is 0 Å². The van der Waals surface area contributed by atoms with E-state index in [-0.39, 0.29) is 0 Å². The number of hydrogen-bond donors (Lipinski definition) is 0. The van der Waals surface area contributed by atoms with E-state index in [9.17, 15) is 8.78 Å². The van der Waals surface area contributed by atoms with Gasteiger partial charge < -0.3 is 0 Å². The second kappa shape index (κ2) is 4.33. The number of aromatic nitrogens is 2. The van der Waals surface area contributed by atoms with E-state index < -0.39 is 9.74 Å². The minimum absolute atomic E-state index is 0.313. The van der Waals surface area contributed by atoms with Gasteiger partial charge in [0.1, 0.15) is 5.82 Å². The molecule has 2 rings (SSSR count). The lowest BCUT2D eigenvalue weighted by Crippen LogP contribution is -2.02. The minimum Gasteiger partial charge on any atom is -0.206 e. The summed E-state index contributed by atoms with van der Waals surface area (Å²) in [4.78, 5) is 0. The van der Waals surface area contributed by atoms with Crippen molar-refractivity contribution in [3.63, 3.8) is 0 Å². The number of hydrogen-bond acceptors (Lipinski definition) is 2. The van der Waals surface area contributed by atoms with Crippen LogP contribution in [0.25, 0.3) is 10.9 Å². The molecule has 1 aromatic carbocycles. The molecule has 1 heterocycles. The summed E-state index contributed by atoms with van der Waals surface area (Å²) in [6.45, 7) is 0. The highest BCUT2D eigenvalue weighted by Gasteiger charge is 2.26. The van der Waals surface area contributed by atoms with Gasteiger partial charge in [0.15, 0.2) is 0 Å². The van der Waals surface area contributed by atoms with Crippen molar-refractivity contribution in [3.8, 4) is 0 Å². The third-order valence-electron chi connectivity index (χ3n) is 1.77. The Hall–Kier alpha value is -0.0400. The fourth-order valence-electron chi connectivity index (χ4n) is 1.17. The van der Waals surface area contributed by atoms with E-state index in [2.05, 4.69) is 21.0 Å². The second-order valence-electron chi connectivity index (χ2n) is 2.88. The first-order valence-electron chi connectivity index (χ1n) is 3.96. The van der Waals surface area contributed by atoms with Crippen LogP contribution in [0.5, 0.6) is 0 Å². The molecule has 16 heavy (non-hydrogen) atoms. The minimum atomic E-state index is -2.51. The molecule has 0 radical (unpaired) electrons. The van der Waals surface area contributed by atoms with E-state index in [4.69, 9.17) is 23.2 Å². The molecule has 0 aliphatic rings. The highest BCUT2D eigenvalue weighted by molar-refractivity contribution is 9.10. The van der Waals surface area contributed by atoms with Gasteiger partial charge in [0, 0.05) is 11.5 Å². The summed E-state index contributed by atoms with van der Waals surface area (Å²) < 4.78 is 25.2. The van der Waals surface area contributed by atoms with Crippen LogP contribution in [0.1, 0.15) is 0 Å². The maximum Gasteiger partial charge on any atom is 0.325 e. The Kier molecular flexibility index (Phi) is 3.36. The molecule has 2 nitrogen and oxygen atoms in total. The molecule has 0 N–H and O–H groups in total. The summed E-state index contributed by atoms with van der Waals surface area (Å²) in [5.41, 5.74) is 0.397. The van der Waals surface area contributed by atoms with Gasteiger partial charge in [0.2, 0.25) is 0 Å². The predicted molar refractivity (Wildman–Crippen MR) is 65.9 cm³/mol. The summed E-state index contributed by atoms with van der Waals surface area (Å²) in [6.07, 6.45) is 1.46. The molecule has 0 bridgehead atoms. The van der Waals surface area contributed by atoms with Crippen molar-refractivity contribution < 1.29 is 8.78 Å². The summed E-state index contributed by atoms with van der Waals surface area (Å²) in [7, 11) is 0. The van der Waals surface area contributed by atoms with Crippen molar-refractivity contribution in [2.75, 3.05) is 0 Å². The van der Waals surface area contributed by atoms with Gasteiger partial charge in [-0.3, -0.25) is 0 Å². The zero-order valence-corrected chi connectivity index (χ0v) is 11.3. The van der Waals surface area contributed by atoms with Crippen LogP contribution in [0.15, 0.2) is 22.8 Å². The Morgan fingerprint density at radius 2 is 2.12 bits per heavy atom. The number of benzene rings is 1. The summed E-state index contributed by atoms with van der Waals surface area (Å²) in [5, 5.41) is 4.50. The summed E-state index contributed by atoms with van der Waals surface area (Å²) >= 11 is 13.9. The fourth-order valence-corrected chi connectivity index (χ4v) is 2.47. The summed E-state index contributed by atoms with van der Waals surface area (Å²) in [6, 6.07) is 2.76. The Morgan fingerprint density at radius 1 is 1.44 bits per heavy atom. The number of nitrogens with zero attached hydrogens (tertiary/aromatic N) is 2. The van der Waals surface area contributed by atoms with Gasteiger partial charge in [-0.25, -0.2) is 8.48 Å². The number of fused-ring (bicyclic) bond motifs is 1. The SMILES string of the molecule is Fc1cc2c(cnn2SC(F)(Cl)Cl)cc1Br. The normalized spacial score (nSPS) is 12.3. The van der Waals surface area contributed by atoms with Crippen molar-refractivity contribution >= 4 is 62.0 Å². The summed E-state index contributed by atoms with van der Waals surface area (Å²) in [5.74, 6) is -0.469. The molecule has 0 amide bonds. The predicted octanol–water partition coefficient (Wildman–Crippen LogP) is 4.49. The number of halogens is 5. The molecule has 1 aromatic heterocycles. The second-order valence-corrected chi connectivity index (χ2v) is 6.51. The van der Waals surface area contributed by atoms with Crippen molar-refractivity contribution in [2.45, 2.75) is 3.92 Å². The van der Waals surface area contributed by atoms with Gasteiger partial charge in [-0.05, 0) is 22.0 Å². The maximum absolute atomic E-state index is 13.3. The molecule has 0 spiro atoms. The lowest BCUT2D eigenvalue weighted by molar-refractivity contribution is 0.513. The lowest BCUT2D eigenvalue weighted by Gasteiger charge is -2.08. The third kappa shape index (κ3) is 2.61. The quantitative estimate of drug-likeness (QED) is 0.745. The Labute approximate surface area is 112 Å². The Balaban J connectivity index is 2.52. The lowest BCUT2D eigenvalue weighted by atomic mass is 10.2. The van der Waals surface area contributed by atoms with Crippen LogP contribution in [-0.4, -0.2) is 13.1 Å². The third-order valence-corrected chi connectivity index (χ3v) is 3.46. The van der Waals surface area contributed by atoms with Crippen LogP contribution in [0.3, 0.4) is 0 Å². The average molecular weight is 348 g/mol. The molecule has 0 aliphatic heterocycles. The highest BCUT2D eigenvalue weighted by Crippen LogP contribution is 2.38. The fraction of sp³-hybridized carbons (Fsp3) is 0.125. The largest absolute Gasteiger partial charge is 0.325 e. The number of rotatable bonds is 2. The van der Waals surface area contributed by atoms with E-state index >= 15 is 0 Å². The molecule has 0 atom stereocenters. The van der Waals surface area contributed by atoms with Gasteiger partial charge in [0.25, 0.3) is 0 Å². The van der Waals surface area contributed by atoms with Crippen molar-refractivity contribution in [2.24, 2.45) is 0 Å². The topological polar surface area (TPSA) is 17.8 Å². The van der Waals surface area contributed by atoms with E-state index in [0.717, 1.165) is 4.09 Å². The van der Waals surface area contributed by atoms with Crippen LogP contribution < -0.4 is 0 Å². The van der Waals surface area contributed by atoms with Gasteiger partial charge in [-0.1, -0.05) is 23.2 Å². The van der Waals surface area contributed by atoms with Crippen LogP contribution in [0.2, 0.25) is 0 Å². The van der Waals surface area contributed by atoms with Crippen LogP contribution in [0.4, 0.5) is 8.78 Å². The molecular weight excluding hydrogens is 345 g/mol. The first-order chi connectivity index (χ1) is 7.37. The van der Waals surface area contributed by atoms with Gasteiger partial charge in [-0.2, -0.15) is 9.49 Å². The van der Waals surface area contributed by atoms with Gasteiger partial charge in [0.05, 0.1) is 28.1 Å². The van der Waals surface area contributed by atoms with Crippen LogP contribution >= 0.6 is 51.1 Å². The van der Waals surface area contributed by atoms with Crippen LogP contribution in [0, 0.1) is 5.82 Å². The van der Waals surface area contributed by atoms with E-state index in [1.807, 2.05) is 0 Å². The van der Waals surface area contributed by atoms with Crippen molar-refractivity contribution in [1.82, 2.24) is 9.19 Å². The van der Waals surface area contributed by atoms with E-state index in [0.29, 0.717) is 27.3 Å². The van der Waals surface area contributed by atoms with E-state index in [1.165, 1.54) is 18.3 Å². The molecule has 86 valence electrons. The smallest absolute Gasteiger partial charge is 0.206 e. The molecule has 0 unspecified atom stereocenters. The molecule has 8 heteroatoms. The molecule has 0 aliphatic carbocycles. The number of alkyl halides is 3. The van der Waals surface area contributed by atoms with Gasteiger partial charge >= 0.3 is 3.92 Å². The molecule has 2 aromatic rings. The van der Waals surface area contributed by atoms with Crippen molar-refractivity contribution in [3.05, 3.63) is 28.6 Å². The first-order valence-corrected chi connectivity index (χ1v) is 6.28. The zero-order chi connectivity index (χ0) is 11.9. The van der Waals surface area contributed by atoms with Crippen LogP contribution in [-0.2, 0) is 0 Å². The maximum atomic E-state index is 13.3. The van der Waals surface area contributed by atoms with E-state index in [1.54, 1.807) is 0 Å². The molecule has 0 saturated carbocycles. The zero-order valence-electron chi connectivity index (χ0n) is 7.42. The Bertz CT molecular complexity index is 541. The Morgan fingerprint density at radius 3 is 2.75 bits per heavy atom. The molecular formula is C8H3BrCl2F2N2S. The average Bonchev–Trinajstić information content (AvgIpc) is 2.47. The highest BCUT2D eigenvalue weighted by atomic mass is 79.9. The van der Waals surface area contributed by atoms with Crippen molar-refractivity contribution in [1.29, 1.82) is 0 Å². The molecule has 0 saturated heterocycles. The standard InChI is InChI=1S/C8H3BrCl2F2N2S/c9-5-1-4-3-14-15(16-8(10,11)13)7(4)2-6(5)12/h1-3H.